The SMILES string of the molecule is CCC(CC)(NC(=O)c1n[nH]c(C2CC2)n1)C(=O)O. The predicted octanol–water partition coefficient (Wildman–Crippen LogP) is 1.06. The van der Waals surface area contributed by atoms with E-state index in [2.05, 4.69) is 20.5 Å². The molecule has 0 atom stereocenters. The highest BCUT2D eigenvalue weighted by Crippen LogP contribution is 2.37. The third-order valence-electron chi connectivity index (χ3n) is 3.64. The minimum absolute atomic E-state index is 0.00873. The summed E-state index contributed by atoms with van der Waals surface area (Å²) in [4.78, 5) is 27.4. The van der Waals surface area contributed by atoms with Crippen LogP contribution in [0.2, 0.25) is 0 Å². The number of hydrogen-bond acceptors (Lipinski definition) is 4. The van der Waals surface area contributed by atoms with E-state index in [1.807, 2.05) is 0 Å². The van der Waals surface area contributed by atoms with Crippen molar-refractivity contribution < 1.29 is 14.7 Å². The Bertz CT molecular complexity index is 489. The first-order valence-corrected chi connectivity index (χ1v) is 6.50. The molecule has 0 bridgehead atoms. The Labute approximate surface area is 110 Å². The molecule has 1 aliphatic carbocycles. The first-order valence-electron chi connectivity index (χ1n) is 6.50. The van der Waals surface area contributed by atoms with Crippen LogP contribution >= 0.6 is 0 Å². The first-order chi connectivity index (χ1) is 9.02. The highest BCUT2D eigenvalue weighted by molar-refractivity contribution is 5.95. The standard InChI is InChI=1S/C12H18N4O3/c1-3-12(4-2,11(18)19)14-10(17)9-13-8(15-16-9)7-5-6-7/h7H,3-6H2,1-2H3,(H,14,17)(H,18,19)(H,13,15,16). The van der Waals surface area contributed by atoms with Gasteiger partial charge < -0.3 is 10.4 Å². The van der Waals surface area contributed by atoms with Gasteiger partial charge in [0.1, 0.15) is 11.4 Å². The van der Waals surface area contributed by atoms with Crippen LogP contribution in [0.1, 0.15) is 61.9 Å². The van der Waals surface area contributed by atoms with E-state index >= 15 is 0 Å². The molecule has 1 aliphatic rings. The Kier molecular flexibility index (Phi) is 3.55. The minimum Gasteiger partial charge on any atom is -0.480 e. The highest BCUT2D eigenvalue weighted by Gasteiger charge is 2.37. The second kappa shape index (κ2) is 4.99. The Hall–Kier alpha value is -1.92. The van der Waals surface area contributed by atoms with Crippen molar-refractivity contribution in [1.29, 1.82) is 0 Å². The van der Waals surface area contributed by atoms with Crippen molar-refractivity contribution in [2.24, 2.45) is 0 Å². The van der Waals surface area contributed by atoms with Gasteiger partial charge in [-0.05, 0) is 25.7 Å². The van der Waals surface area contributed by atoms with E-state index < -0.39 is 17.4 Å². The lowest BCUT2D eigenvalue weighted by Gasteiger charge is -2.27. The van der Waals surface area contributed by atoms with E-state index in [9.17, 15) is 14.7 Å². The number of amides is 1. The van der Waals surface area contributed by atoms with Crippen LogP contribution in [0.15, 0.2) is 0 Å². The van der Waals surface area contributed by atoms with Crippen molar-refractivity contribution in [3.8, 4) is 0 Å². The fourth-order valence-electron chi connectivity index (χ4n) is 1.97. The molecule has 0 aliphatic heterocycles. The van der Waals surface area contributed by atoms with Crippen LogP contribution in [0.4, 0.5) is 0 Å². The Morgan fingerprint density at radius 3 is 2.53 bits per heavy atom. The number of aliphatic carboxylic acids is 1. The third kappa shape index (κ3) is 2.59. The molecule has 1 amide bonds. The van der Waals surface area contributed by atoms with Crippen LogP contribution in [0.5, 0.6) is 0 Å². The summed E-state index contributed by atoms with van der Waals surface area (Å²) in [6.07, 6.45) is 2.73. The molecule has 2 rings (SSSR count). The van der Waals surface area contributed by atoms with Gasteiger partial charge in [0.15, 0.2) is 0 Å². The van der Waals surface area contributed by atoms with Crippen molar-refractivity contribution in [2.75, 3.05) is 0 Å². The highest BCUT2D eigenvalue weighted by atomic mass is 16.4. The van der Waals surface area contributed by atoms with Gasteiger partial charge in [-0.15, -0.1) is 5.10 Å². The molecule has 1 aromatic rings. The molecule has 0 spiro atoms. The van der Waals surface area contributed by atoms with Crippen LogP contribution in [-0.4, -0.2) is 37.7 Å². The maximum atomic E-state index is 12.0. The average Bonchev–Trinajstić information content (AvgIpc) is 3.13. The minimum atomic E-state index is -1.25. The largest absolute Gasteiger partial charge is 0.480 e. The van der Waals surface area contributed by atoms with Gasteiger partial charge in [-0.2, -0.15) is 0 Å². The first kappa shape index (κ1) is 13.5. The van der Waals surface area contributed by atoms with E-state index in [0.29, 0.717) is 24.6 Å². The molecular weight excluding hydrogens is 248 g/mol. The number of carbonyl (C=O) groups is 2. The molecule has 1 heterocycles. The zero-order valence-corrected chi connectivity index (χ0v) is 11.1. The zero-order chi connectivity index (χ0) is 14.0. The Balaban J connectivity index is 2.11. The van der Waals surface area contributed by atoms with Gasteiger partial charge in [0.05, 0.1) is 0 Å². The Morgan fingerprint density at radius 2 is 2.05 bits per heavy atom. The molecule has 0 radical (unpaired) electrons. The second-order valence-corrected chi connectivity index (χ2v) is 4.87. The van der Waals surface area contributed by atoms with E-state index in [-0.39, 0.29) is 5.82 Å². The molecule has 1 saturated carbocycles. The van der Waals surface area contributed by atoms with Crippen molar-refractivity contribution in [2.45, 2.75) is 51.0 Å². The summed E-state index contributed by atoms with van der Waals surface area (Å²) in [7, 11) is 0. The molecule has 0 aromatic carbocycles. The van der Waals surface area contributed by atoms with Crippen molar-refractivity contribution in [3.05, 3.63) is 11.6 Å². The van der Waals surface area contributed by atoms with Crippen LogP contribution < -0.4 is 5.32 Å². The summed E-state index contributed by atoms with van der Waals surface area (Å²) >= 11 is 0. The normalized spacial score (nSPS) is 15.3. The molecule has 3 N–H and O–H groups in total. The fraction of sp³-hybridized carbons (Fsp3) is 0.667. The van der Waals surface area contributed by atoms with Gasteiger partial charge in [-0.25, -0.2) is 9.78 Å². The van der Waals surface area contributed by atoms with Gasteiger partial charge >= 0.3 is 5.97 Å². The molecule has 7 nitrogen and oxygen atoms in total. The average molecular weight is 266 g/mol. The number of nitrogens with one attached hydrogen (secondary N) is 2. The molecule has 1 aromatic heterocycles. The lowest BCUT2D eigenvalue weighted by molar-refractivity contribution is -0.144. The lowest BCUT2D eigenvalue weighted by Crippen LogP contribution is -2.53. The maximum Gasteiger partial charge on any atom is 0.329 e. The van der Waals surface area contributed by atoms with Gasteiger partial charge in [0.2, 0.25) is 5.82 Å². The number of carboxylic acid groups (broad SMARTS) is 1. The number of H-pyrrole nitrogens is 1. The van der Waals surface area contributed by atoms with E-state index in [0.717, 1.165) is 12.8 Å². The van der Waals surface area contributed by atoms with Crippen LogP contribution in [-0.2, 0) is 4.79 Å². The molecule has 104 valence electrons. The molecule has 19 heavy (non-hydrogen) atoms. The van der Waals surface area contributed by atoms with Crippen LogP contribution in [0.3, 0.4) is 0 Å². The van der Waals surface area contributed by atoms with E-state index in [1.54, 1.807) is 13.8 Å². The number of carbonyl (C=O) groups excluding carboxylic acids is 1. The van der Waals surface area contributed by atoms with Crippen molar-refractivity contribution in [1.82, 2.24) is 20.5 Å². The zero-order valence-electron chi connectivity index (χ0n) is 11.1. The molecule has 0 saturated heterocycles. The summed E-state index contributed by atoms with van der Waals surface area (Å²) in [6.45, 7) is 3.46. The smallest absolute Gasteiger partial charge is 0.329 e. The topological polar surface area (TPSA) is 108 Å². The Morgan fingerprint density at radius 1 is 1.42 bits per heavy atom. The van der Waals surface area contributed by atoms with Crippen molar-refractivity contribution in [3.63, 3.8) is 0 Å². The monoisotopic (exact) mass is 266 g/mol. The molecule has 7 heteroatoms. The molecule has 1 fully saturated rings. The number of nitrogens with zero attached hydrogens (tertiary/aromatic N) is 2. The number of hydrogen-bond donors (Lipinski definition) is 3. The summed E-state index contributed by atoms with van der Waals surface area (Å²) in [6, 6.07) is 0. The van der Waals surface area contributed by atoms with E-state index in [1.165, 1.54) is 0 Å². The van der Waals surface area contributed by atoms with Gasteiger partial charge in [-0.3, -0.25) is 9.89 Å². The summed E-state index contributed by atoms with van der Waals surface area (Å²) in [5.74, 6) is -0.498. The number of aromatic nitrogens is 3. The summed E-state index contributed by atoms with van der Waals surface area (Å²) in [5, 5.41) is 18.4. The molecule has 0 unspecified atom stereocenters. The van der Waals surface area contributed by atoms with E-state index in [4.69, 9.17) is 0 Å². The maximum absolute atomic E-state index is 12.0. The van der Waals surface area contributed by atoms with Gasteiger partial charge in [-0.1, -0.05) is 13.8 Å². The van der Waals surface area contributed by atoms with Crippen molar-refractivity contribution >= 4 is 11.9 Å². The van der Waals surface area contributed by atoms with Gasteiger partial charge in [0, 0.05) is 5.92 Å². The number of carboxylic acids is 1. The van der Waals surface area contributed by atoms with Gasteiger partial charge in [0.25, 0.3) is 5.91 Å². The third-order valence-corrected chi connectivity index (χ3v) is 3.64. The quantitative estimate of drug-likeness (QED) is 0.713. The second-order valence-electron chi connectivity index (χ2n) is 4.87. The van der Waals surface area contributed by atoms with Crippen LogP contribution in [0.25, 0.3) is 0 Å². The lowest BCUT2D eigenvalue weighted by atomic mass is 9.93. The summed E-state index contributed by atoms with van der Waals surface area (Å²) < 4.78 is 0. The molecular formula is C12H18N4O3. The number of aromatic amines is 1. The number of rotatable bonds is 6. The van der Waals surface area contributed by atoms with Crippen LogP contribution in [0, 0.1) is 0 Å². The fourth-order valence-corrected chi connectivity index (χ4v) is 1.97. The predicted molar refractivity (Wildman–Crippen MR) is 66.8 cm³/mol. The summed E-state index contributed by atoms with van der Waals surface area (Å²) in [5.41, 5.74) is -1.25.